The minimum absolute atomic E-state index is 0.184. The van der Waals surface area contributed by atoms with Crippen LogP contribution in [0.2, 0.25) is 0 Å². The second-order valence-corrected chi connectivity index (χ2v) is 9.21. The zero-order chi connectivity index (χ0) is 24.1. The molecule has 3 aliphatic rings. The van der Waals surface area contributed by atoms with Crippen molar-refractivity contribution < 1.29 is 18.8 Å². The Morgan fingerprint density at radius 2 is 1.91 bits per heavy atom. The standard InChI is InChI=1S/C24H24FN7O3/c25-16-10-17-18(13-31(24(17)35)19-1-2-22(33)28-23(19)34)20(11-16)30-7-5-29(6-8-30)12-15-3-4-32-21(9-15)26-14-27-32/h3-4,9-11,14,19H,1-2,5-8,12-13H2,(H,28,33,34). The van der Waals surface area contributed by atoms with Crippen LogP contribution < -0.4 is 10.2 Å². The summed E-state index contributed by atoms with van der Waals surface area (Å²) in [6, 6.07) is 6.07. The SMILES string of the molecule is O=C1CCC(N2Cc3c(cc(F)cc3N3CCN(Cc4ccn5ncnc5c4)CC3)C2=O)C(=O)N1. The Labute approximate surface area is 200 Å². The molecule has 2 aromatic heterocycles. The molecule has 0 bridgehead atoms. The van der Waals surface area contributed by atoms with Crippen LogP contribution >= 0.6 is 0 Å². The highest BCUT2D eigenvalue weighted by Gasteiger charge is 2.41. The van der Waals surface area contributed by atoms with Crippen molar-refractivity contribution in [2.24, 2.45) is 0 Å². The van der Waals surface area contributed by atoms with Crippen molar-refractivity contribution in [2.75, 3.05) is 31.1 Å². The number of piperazine rings is 1. The quantitative estimate of drug-likeness (QED) is 0.558. The number of nitrogens with zero attached hydrogens (tertiary/aromatic N) is 6. The van der Waals surface area contributed by atoms with Crippen LogP contribution in [-0.4, -0.2) is 74.3 Å². The number of hydrogen-bond donors (Lipinski definition) is 1. The van der Waals surface area contributed by atoms with Gasteiger partial charge in [0.2, 0.25) is 11.8 Å². The molecule has 10 nitrogen and oxygen atoms in total. The fourth-order valence-corrected chi connectivity index (χ4v) is 5.25. The molecule has 180 valence electrons. The molecule has 3 aliphatic heterocycles. The van der Waals surface area contributed by atoms with E-state index >= 15 is 0 Å². The van der Waals surface area contributed by atoms with Crippen molar-refractivity contribution in [3.05, 3.63) is 59.3 Å². The number of piperidine rings is 1. The van der Waals surface area contributed by atoms with Gasteiger partial charge in [-0.1, -0.05) is 0 Å². The minimum atomic E-state index is -0.719. The third-order valence-electron chi connectivity index (χ3n) is 7.06. The van der Waals surface area contributed by atoms with Crippen molar-refractivity contribution in [3.63, 3.8) is 0 Å². The predicted molar refractivity (Wildman–Crippen MR) is 123 cm³/mol. The van der Waals surface area contributed by atoms with Gasteiger partial charge in [-0.15, -0.1) is 0 Å². The Morgan fingerprint density at radius 1 is 1.09 bits per heavy atom. The molecule has 3 aromatic rings. The molecule has 2 saturated heterocycles. The number of amides is 3. The van der Waals surface area contributed by atoms with Gasteiger partial charge in [0.05, 0.1) is 0 Å². The van der Waals surface area contributed by atoms with Gasteiger partial charge in [0.25, 0.3) is 5.91 Å². The van der Waals surface area contributed by atoms with Crippen molar-refractivity contribution in [1.29, 1.82) is 0 Å². The first kappa shape index (κ1) is 21.7. The lowest BCUT2D eigenvalue weighted by Crippen LogP contribution is -2.52. The normalized spacial score (nSPS) is 21.1. The second-order valence-electron chi connectivity index (χ2n) is 9.21. The van der Waals surface area contributed by atoms with E-state index in [1.54, 1.807) is 4.52 Å². The Kier molecular flexibility index (Phi) is 5.21. The lowest BCUT2D eigenvalue weighted by atomic mass is 10.0. The molecule has 1 N–H and O–H groups in total. The van der Waals surface area contributed by atoms with Gasteiger partial charge >= 0.3 is 0 Å². The number of carbonyl (C=O) groups excluding carboxylic acids is 3. The number of rotatable bonds is 4. The number of pyridine rings is 1. The third kappa shape index (κ3) is 3.91. The summed E-state index contributed by atoms with van der Waals surface area (Å²) in [5, 5.41) is 6.43. The Hall–Kier alpha value is -3.86. The van der Waals surface area contributed by atoms with E-state index in [9.17, 15) is 18.8 Å². The number of benzene rings is 1. The summed E-state index contributed by atoms with van der Waals surface area (Å²) in [7, 11) is 0. The van der Waals surface area contributed by atoms with E-state index in [-0.39, 0.29) is 31.2 Å². The Balaban J connectivity index is 1.17. The summed E-state index contributed by atoms with van der Waals surface area (Å²) < 4.78 is 16.3. The monoisotopic (exact) mass is 477 g/mol. The van der Waals surface area contributed by atoms with Gasteiger partial charge in [0.1, 0.15) is 18.2 Å². The topological polar surface area (TPSA) is 103 Å². The number of imide groups is 1. The number of hydrogen-bond acceptors (Lipinski definition) is 7. The molecule has 0 spiro atoms. The highest BCUT2D eigenvalue weighted by atomic mass is 19.1. The Bertz CT molecular complexity index is 1350. The lowest BCUT2D eigenvalue weighted by Gasteiger charge is -2.37. The molecule has 0 aliphatic carbocycles. The summed E-state index contributed by atoms with van der Waals surface area (Å²) in [4.78, 5) is 47.1. The average Bonchev–Trinajstić information content (AvgIpc) is 3.44. The minimum Gasteiger partial charge on any atom is -0.369 e. The maximum absolute atomic E-state index is 14.6. The van der Waals surface area contributed by atoms with Gasteiger partial charge in [0.15, 0.2) is 5.65 Å². The Morgan fingerprint density at radius 3 is 2.71 bits per heavy atom. The molecule has 6 rings (SSSR count). The van der Waals surface area contributed by atoms with Crippen molar-refractivity contribution in [3.8, 4) is 0 Å². The van der Waals surface area contributed by atoms with E-state index in [0.717, 1.165) is 36.4 Å². The molecule has 1 unspecified atom stereocenters. The van der Waals surface area contributed by atoms with Crippen molar-refractivity contribution >= 4 is 29.1 Å². The fraction of sp³-hybridized carbons (Fsp3) is 0.375. The van der Waals surface area contributed by atoms with Gasteiger partial charge in [-0.3, -0.25) is 24.6 Å². The highest BCUT2D eigenvalue weighted by Crippen LogP contribution is 2.35. The summed E-state index contributed by atoms with van der Waals surface area (Å²) in [5.41, 5.74) is 3.70. The zero-order valence-electron chi connectivity index (χ0n) is 19.0. The summed E-state index contributed by atoms with van der Waals surface area (Å²) in [6.07, 6.45) is 3.89. The molecule has 0 saturated carbocycles. The van der Waals surface area contributed by atoms with Crippen LogP contribution in [0.3, 0.4) is 0 Å². The number of carbonyl (C=O) groups is 3. The number of halogens is 1. The average molecular weight is 478 g/mol. The van der Waals surface area contributed by atoms with Gasteiger partial charge < -0.3 is 9.80 Å². The summed E-state index contributed by atoms with van der Waals surface area (Å²) in [6.45, 7) is 3.96. The molecule has 11 heteroatoms. The van der Waals surface area contributed by atoms with E-state index in [1.165, 1.54) is 23.4 Å². The maximum Gasteiger partial charge on any atom is 0.255 e. The van der Waals surface area contributed by atoms with Crippen LogP contribution in [0.25, 0.3) is 5.65 Å². The maximum atomic E-state index is 14.6. The molecule has 3 amide bonds. The number of aromatic nitrogens is 3. The summed E-state index contributed by atoms with van der Waals surface area (Å²) >= 11 is 0. The van der Waals surface area contributed by atoms with Gasteiger partial charge in [0, 0.05) is 68.7 Å². The molecule has 35 heavy (non-hydrogen) atoms. The van der Waals surface area contributed by atoms with E-state index in [2.05, 4.69) is 25.2 Å². The molecular formula is C24H24FN7O3. The van der Waals surface area contributed by atoms with Gasteiger partial charge in [-0.05, 0) is 36.2 Å². The number of nitrogens with one attached hydrogen (secondary N) is 1. The zero-order valence-corrected chi connectivity index (χ0v) is 19.0. The van der Waals surface area contributed by atoms with E-state index < -0.39 is 17.8 Å². The highest BCUT2D eigenvalue weighted by molar-refractivity contribution is 6.06. The first-order valence-electron chi connectivity index (χ1n) is 11.7. The lowest BCUT2D eigenvalue weighted by molar-refractivity contribution is -0.136. The van der Waals surface area contributed by atoms with Crippen LogP contribution in [0.4, 0.5) is 10.1 Å². The number of anilines is 1. The third-order valence-corrected chi connectivity index (χ3v) is 7.06. The van der Waals surface area contributed by atoms with Crippen molar-refractivity contribution in [1.82, 2.24) is 29.7 Å². The fourth-order valence-electron chi connectivity index (χ4n) is 5.25. The number of fused-ring (bicyclic) bond motifs is 2. The first-order chi connectivity index (χ1) is 17.0. The van der Waals surface area contributed by atoms with Gasteiger partial charge in [-0.25, -0.2) is 13.9 Å². The molecule has 5 heterocycles. The molecule has 2 fully saturated rings. The van der Waals surface area contributed by atoms with Crippen LogP contribution in [0.15, 0.2) is 36.8 Å². The smallest absolute Gasteiger partial charge is 0.255 e. The van der Waals surface area contributed by atoms with Crippen LogP contribution in [0.5, 0.6) is 0 Å². The largest absolute Gasteiger partial charge is 0.369 e. The van der Waals surface area contributed by atoms with Gasteiger partial charge in [-0.2, -0.15) is 5.10 Å². The van der Waals surface area contributed by atoms with Crippen LogP contribution in [0, 0.1) is 5.82 Å². The van der Waals surface area contributed by atoms with Crippen LogP contribution in [0.1, 0.15) is 34.3 Å². The van der Waals surface area contributed by atoms with Crippen molar-refractivity contribution in [2.45, 2.75) is 32.0 Å². The molecule has 1 atom stereocenters. The molecular weight excluding hydrogens is 453 g/mol. The molecule has 1 aromatic carbocycles. The second kappa shape index (κ2) is 8.42. The molecule has 0 radical (unpaired) electrons. The van der Waals surface area contributed by atoms with Crippen LogP contribution in [-0.2, 0) is 22.7 Å². The van der Waals surface area contributed by atoms with E-state index in [1.807, 2.05) is 18.3 Å². The van der Waals surface area contributed by atoms with E-state index in [4.69, 9.17) is 0 Å². The summed E-state index contributed by atoms with van der Waals surface area (Å²) in [5.74, 6) is -1.64. The van der Waals surface area contributed by atoms with E-state index in [0.29, 0.717) is 24.3 Å². The predicted octanol–water partition coefficient (Wildman–Crippen LogP) is 0.952. The first-order valence-corrected chi connectivity index (χ1v) is 11.7.